The van der Waals surface area contributed by atoms with Gasteiger partial charge in [0.25, 0.3) is 0 Å². The number of esters is 1. The fraction of sp³-hybridized carbons (Fsp3) is 0.818. The first kappa shape index (κ1) is 35.2. The van der Waals surface area contributed by atoms with Crippen LogP contribution in [0.15, 0.2) is 23.8 Å². The zero-order valence-electron chi connectivity index (χ0n) is 26.5. The first-order valence-electron chi connectivity index (χ1n) is 16.3. The standard InChI is InChI=1S/C33H52O11/c1-6-7-8-25-26-11-9-21(41-26)15-22-10-12-27(36)33(40,44-22)28(37)14-17(2)13-18(3)23(34)16-24(35)19(4)30-31(43-30)29(38)20(5)32(39)42-25/h13,18,20-22,24-31,35-38,40H,4,6-12,14-16H2,1-3,5H3/b17-13+/t18-,20-,21-,22-,24-,25-,26-,27-,28-,29-,30+,31+,33-/m1/s1. The highest BCUT2D eigenvalue weighted by Gasteiger charge is 2.52. The molecular weight excluding hydrogens is 572 g/mol. The highest BCUT2D eigenvalue weighted by atomic mass is 16.7. The Bertz CT molecular complexity index is 1060. The molecule has 11 nitrogen and oxygen atoms in total. The highest BCUT2D eigenvalue weighted by Crippen LogP contribution is 2.39. The highest BCUT2D eigenvalue weighted by molar-refractivity contribution is 5.83. The van der Waals surface area contributed by atoms with E-state index in [0.717, 1.165) is 12.8 Å². The number of aliphatic hydroxyl groups excluding tert-OH is 4. The van der Waals surface area contributed by atoms with Crippen LogP contribution in [0, 0.1) is 11.8 Å². The molecule has 0 aromatic heterocycles. The van der Waals surface area contributed by atoms with E-state index in [-0.39, 0.29) is 42.8 Å². The molecule has 0 unspecified atom stereocenters. The fourth-order valence-corrected chi connectivity index (χ4v) is 6.72. The van der Waals surface area contributed by atoms with Crippen molar-refractivity contribution in [3.63, 3.8) is 0 Å². The number of epoxide rings is 1. The summed E-state index contributed by atoms with van der Waals surface area (Å²) in [5.74, 6) is -4.56. The smallest absolute Gasteiger partial charge is 0.311 e. The number of fused-ring (bicyclic) bond motifs is 5. The number of hydrogen-bond donors (Lipinski definition) is 5. The summed E-state index contributed by atoms with van der Waals surface area (Å²) in [6.45, 7) is 10.9. The maximum Gasteiger partial charge on any atom is 0.311 e. The van der Waals surface area contributed by atoms with Crippen LogP contribution in [0.5, 0.6) is 0 Å². The van der Waals surface area contributed by atoms with Gasteiger partial charge in [0.2, 0.25) is 5.79 Å². The van der Waals surface area contributed by atoms with Crippen molar-refractivity contribution in [1.82, 2.24) is 0 Å². The van der Waals surface area contributed by atoms with Crippen LogP contribution in [-0.2, 0) is 28.5 Å². The summed E-state index contributed by atoms with van der Waals surface area (Å²) in [6, 6.07) is 0. The van der Waals surface area contributed by atoms with Gasteiger partial charge in [-0.25, -0.2) is 0 Å². The van der Waals surface area contributed by atoms with Crippen molar-refractivity contribution in [3.05, 3.63) is 23.8 Å². The predicted molar refractivity (Wildman–Crippen MR) is 159 cm³/mol. The number of unbranched alkanes of at least 4 members (excludes halogenated alkanes) is 1. The zero-order chi connectivity index (χ0) is 32.3. The lowest BCUT2D eigenvalue weighted by Gasteiger charge is -2.44. The second-order valence-corrected chi connectivity index (χ2v) is 13.4. The summed E-state index contributed by atoms with van der Waals surface area (Å²) in [6.07, 6.45) is -1.92. The lowest BCUT2D eigenvalue weighted by molar-refractivity contribution is -0.337. The number of ether oxygens (including phenoxy) is 4. The molecule has 4 bridgehead atoms. The number of cyclic esters (lactones) is 1. The second-order valence-electron chi connectivity index (χ2n) is 13.4. The van der Waals surface area contributed by atoms with Crippen LogP contribution in [0.3, 0.4) is 0 Å². The average Bonchev–Trinajstić information content (AvgIpc) is 3.65. The Kier molecular flexibility index (Phi) is 11.8. The molecule has 250 valence electrons. The largest absolute Gasteiger partial charge is 0.459 e. The van der Waals surface area contributed by atoms with Crippen molar-refractivity contribution in [1.29, 1.82) is 0 Å². The Hall–Kier alpha value is -1.70. The van der Waals surface area contributed by atoms with Crippen LogP contribution >= 0.6 is 0 Å². The molecular formula is C33H52O11. The van der Waals surface area contributed by atoms with E-state index in [2.05, 4.69) is 6.58 Å². The zero-order valence-corrected chi connectivity index (χ0v) is 26.5. The van der Waals surface area contributed by atoms with Gasteiger partial charge < -0.3 is 44.5 Å². The van der Waals surface area contributed by atoms with E-state index < -0.39 is 72.4 Å². The van der Waals surface area contributed by atoms with Gasteiger partial charge in [0.1, 0.15) is 36.3 Å². The molecule has 4 aliphatic heterocycles. The molecule has 0 aliphatic carbocycles. The molecule has 11 heteroatoms. The third-order valence-corrected chi connectivity index (χ3v) is 9.75. The third-order valence-electron chi connectivity index (χ3n) is 9.75. The van der Waals surface area contributed by atoms with Crippen LogP contribution in [0.25, 0.3) is 0 Å². The number of carbonyl (C=O) groups excluding carboxylic acids is 2. The molecule has 4 heterocycles. The monoisotopic (exact) mass is 624 g/mol. The van der Waals surface area contributed by atoms with E-state index in [4.69, 9.17) is 18.9 Å². The number of rotatable bonds is 3. The minimum absolute atomic E-state index is 0.0344. The molecule has 13 atom stereocenters. The summed E-state index contributed by atoms with van der Waals surface area (Å²) in [5, 5.41) is 54.7. The fourth-order valence-electron chi connectivity index (χ4n) is 6.72. The Balaban J connectivity index is 1.55. The normalized spacial score (nSPS) is 46.0. The summed E-state index contributed by atoms with van der Waals surface area (Å²) in [7, 11) is 0. The van der Waals surface area contributed by atoms with Gasteiger partial charge in [-0.15, -0.1) is 0 Å². The Morgan fingerprint density at radius 2 is 1.68 bits per heavy atom. The van der Waals surface area contributed by atoms with Crippen molar-refractivity contribution in [2.24, 2.45) is 11.8 Å². The Morgan fingerprint density at radius 3 is 2.39 bits per heavy atom. The minimum atomic E-state index is -2.19. The number of aliphatic hydroxyl groups is 5. The summed E-state index contributed by atoms with van der Waals surface area (Å²) >= 11 is 0. The van der Waals surface area contributed by atoms with Crippen molar-refractivity contribution < 1.29 is 54.1 Å². The van der Waals surface area contributed by atoms with Crippen LogP contribution in [-0.4, -0.2) is 104 Å². The lowest BCUT2D eigenvalue weighted by Crippen LogP contribution is -2.59. The molecule has 0 aromatic rings. The van der Waals surface area contributed by atoms with Gasteiger partial charge in [-0.1, -0.05) is 38.5 Å². The maximum atomic E-state index is 13.2. The van der Waals surface area contributed by atoms with Crippen molar-refractivity contribution >= 4 is 11.8 Å². The molecule has 5 N–H and O–H groups in total. The van der Waals surface area contributed by atoms with Crippen LogP contribution in [0.4, 0.5) is 0 Å². The molecule has 0 amide bonds. The molecule has 4 rings (SSSR count). The van der Waals surface area contributed by atoms with Gasteiger partial charge in [-0.05, 0) is 70.8 Å². The van der Waals surface area contributed by atoms with E-state index in [9.17, 15) is 35.1 Å². The third kappa shape index (κ3) is 8.17. The molecule has 3 saturated heterocycles. The van der Waals surface area contributed by atoms with E-state index >= 15 is 0 Å². The van der Waals surface area contributed by atoms with Crippen molar-refractivity contribution in [2.75, 3.05) is 0 Å². The van der Waals surface area contributed by atoms with Gasteiger partial charge in [-0.2, -0.15) is 0 Å². The predicted octanol–water partition coefficient (Wildman–Crippen LogP) is 2.24. The second kappa shape index (κ2) is 14.8. The van der Waals surface area contributed by atoms with Crippen LogP contribution < -0.4 is 0 Å². The Labute approximate surface area is 260 Å². The molecule has 0 radical (unpaired) electrons. The number of hydrogen-bond acceptors (Lipinski definition) is 11. The molecule has 0 saturated carbocycles. The minimum Gasteiger partial charge on any atom is -0.459 e. The number of Topliss-reactive ketones (excluding diaryl/α,β-unsaturated/α-hetero) is 1. The quantitative estimate of drug-likeness (QED) is 0.177. The number of carbonyl (C=O) groups is 2. The van der Waals surface area contributed by atoms with E-state index in [1.54, 1.807) is 26.8 Å². The molecule has 0 aromatic carbocycles. The van der Waals surface area contributed by atoms with Gasteiger partial charge >= 0.3 is 5.97 Å². The van der Waals surface area contributed by atoms with Gasteiger partial charge in [-0.3, -0.25) is 9.59 Å². The lowest BCUT2D eigenvalue weighted by atomic mass is 9.88. The maximum absolute atomic E-state index is 13.2. The molecule has 3 fully saturated rings. The Morgan fingerprint density at radius 1 is 0.977 bits per heavy atom. The molecule has 0 spiro atoms. The number of allylic oxidation sites excluding steroid dienone is 1. The molecule has 4 aliphatic rings. The van der Waals surface area contributed by atoms with E-state index in [1.165, 1.54) is 0 Å². The SMILES string of the molecule is C=C1[C@H](O)CC(=O)[C@H](C)/C=C(\C)C[C@@H](O)[C@]2(O)O[C@H](CC[C@H]2O)C[C@H]2CC[C@@H](O2)[C@@H](CCCC)OC(=O)[C@H](C)[C@@H](O)[C@@H]2O[C@@H]12. The van der Waals surface area contributed by atoms with Gasteiger partial charge in [0.05, 0.1) is 36.4 Å². The van der Waals surface area contributed by atoms with Crippen molar-refractivity contribution in [2.45, 2.75) is 159 Å². The van der Waals surface area contributed by atoms with Gasteiger partial charge in [0.15, 0.2) is 0 Å². The number of ketones is 1. The van der Waals surface area contributed by atoms with Gasteiger partial charge in [0, 0.05) is 12.3 Å². The summed E-state index contributed by atoms with van der Waals surface area (Å²) in [5.41, 5.74) is 0.861. The topological polar surface area (TPSA) is 176 Å². The average molecular weight is 625 g/mol. The van der Waals surface area contributed by atoms with E-state index in [1.807, 2.05) is 6.92 Å². The summed E-state index contributed by atoms with van der Waals surface area (Å²) in [4.78, 5) is 26.1. The first-order valence-corrected chi connectivity index (χ1v) is 16.3. The first-order chi connectivity index (χ1) is 20.7. The van der Waals surface area contributed by atoms with Crippen LogP contribution in [0.2, 0.25) is 0 Å². The summed E-state index contributed by atoms with van der Waals surface area (Å²) < 4.78 is 23.8. The molecule has 44 heavy (non-hydrogen) atoms. The van der Waals surface area contributed by atoms with E-state index in [0.29, 0.717) is 37.7 Å². The van der Waals surface area contributed by atoms with Crippen molar-refractivity contribution in [3.8, 4) is 0 Å². The van der Waals surface area contributed by atoms with Crippen LogP contribution in [0.1, 0.15) is 91.9 Å².